The minimum Gasteiger partial charge on any atom is -0.375 e. The van der Waals surface area contributed by atoms with Crippen LogP contribution in [0.2, 0.25) is 0 Å². The largest absolute Gasteiger partial charge is 0.375 e. The van der Waals surface area contributed by atoms with E-state index in [1.807, 2.05) is 0 Å². The Morgan fingerprint density at radius 3 is 2.67 bits per heavy atom. The first kappa shape index (κ1) is 11.4. The van der Waals surface area contributed by atoms with E-state index in [0.29, 0.717) is 0 Å². The highest BCUT2D eigenvalue weighted by atomic mass is 16.5. The second kappa shape index (κ2) is 5.31. The topological polar surface area (TPSA) is 21.3 Å². The summed E-state index contributed by atoms with van der Waals surface area (Å²) in [5, 5.41) is 3.59. The highest BCUT2D eigenvalue weighted by Crippen LogP contribution is 2.38. The third-order valence-electron chi connectivity index (χ3n) is 3.76. The van der Waals surface area contributed by atoms with E-state index in [2.05, 4.69) is 12.2 Å². The number of hydrogen-bond donors (Lipinski definition) is 1. The van der Waals surface area contributed by atoms with E-state index in [1.54, 1.807) is 0 Å². The Balaban J connectivity index is 1.60. The molecule has 2 fully saturated rings. The molecule has 0 aromatic rings. The van der Waals surface area contributed by atoms with Gasteiger partial charge in [0.05, 0.1) is 5.60 Å². The number of rotatable bonds is 8. The molecule has 0 aliphatic heterocycles. The van der Waals surface area contributed by atoms with Crippen molar-refractivity contribution in [1.82, 2.24) is 5.32 Å². The minimum atomic E-state index is 0.275. The van der Waals surface area contributed by atoms with Gasteiger partial charge in [0.25, 0.3) is 0 Å². The molecule has 2 aliphatic carbocycles. The van der Waals surface area contributed by atoms with E-state index in [9.17, 15) is 0 Å². The van der Waals surface area contributed by atoms with Crippen molar-refractivity contribution < 1.29 is 4.74 Å². The summed E-state index contributed by atoms with van der Waals surface area (Å²) in [4.78, 5) is 0. The summed E-state index contributed by atoms with van der Waals surface area (Å²) in [6.07, 6.45) is 10.4. The van der Waals surface area contributed by atoms with Crippen LogP contribution in [-0.2, 0) is 4.74 Å². The average molecular weight is 211 g/mol. The smallest absolute Gasteiger partial charge is 0.0694 e. The van der Waals surface area contributed by atoms with Crippen LogP contribution >= 0.6 is 0 Å². The lowest BCUT2D eigenvalue weighted by atomic mass is 9.77. The van der Waals surface area contributed by atoms with Gasteiger partial charge in [-0.3, -0.25) is 0 Å². The van der Waals surface area contributed by atoms with Crippen molar-refractivity contribution in [2.45, 2.75) is 69.9 Å². The van der Waals surface area contributed by atoms with Crippen LogP contribution in [0.3, 0.4) is 0 Å². The summed E-state index contributed by atoms with van der Waals surface area (Å²) < 4.78 is 6.07. The van der Waals surface area contributed by atoms with Crippen molar-refractivity contribution in [2.24, 2.45) is 0 Å². The second-order valence-corrected chi connectivity index (χ2v) is 5.22. The molecular formula is C13H25NO. The van der Waals surface area contributed by atoms with Crippen LogP contribution in [0, 0.1) is 0 Å². The number of ether oxygens (including phenoxy) is 1. The molecule has 2 aliphatic rings. The lowest BCUT2D eigenvalue weighted by Gasteiger charge is -2.42. The molecule has 0 saturated heterocycles. The van der Waals surface area contributed by atoms with Crippen LogP contribution in [0.5, 0.6) is 0 Å². The molecule has 1 N–H and O–H groups in total. The summed E-state index contributed by atoms with van der Waals surface area (Å²) in [7, 11) is 0. The van der Waals surface area contributed by atoms with E-state index < -0.39 is 0 Å². The van der Waals surface area contributed by atoms with Crippen molar-refractivity contribution in [3.63, 3.8) is 0 Å². The van der Waals surface area contributed by atoms with Crippen LogP contribution in [0.25, 0.3) is 0 Å². The Hall–Kier alpha value is -0.0800. The zero-order valence-corrected chi connectivity index (χ0v) is 10.1. The molecule has 0 aromatic carbocycles. The van der Waals surface area contributed by atoms with Crippen LogP contribution in [0.15, 0.2) is 0 Å². The summed E-state index contributed by atoms with van der Waals surface area (Å²) in [5.41, 5.74) is 0.275. The number of nitrogens with one attached hydrogen (secondary N) is 1. The van der Waals surface area contributed by atoms with Crippen LogP contribution in [0.1, 0.15) is 58.3 Å². The van der Waals surface area contributed by atoms with Crippen LogP contribution < -0.4 is 5.32 Å². The van der Waals surface area contributed by atoms with Gasteiger partial charge >= 0.3 is 0 Å². The van der Waals surface area contributed by atoms with Gasteiger partial charge in [0.15, 0.2) is 0 Å². The monoisotopic (exact) mass is 211 g/mol. The lowest BCUT2D eigenvalue weighted by Crippen LogP contribution is -2.43. The lowest BCUT2D eigenvalue weighted by molar-refractivity contribution is -0.105. The Bertz CT molecular complexity index is 185. The number of hydrogen-bond acceptors (Lipinski definition) is 2. The Kier molecular flexibility index (Phi) is 4.04. The maximum atomic E-state index is 6.07. The molecular weight excluding hydrogens is 186 g/mol. The van der Waals surface area contributed by atoms with E-state index in [1.165, 1.54) is 51.4 Å². The van der Waals surface area contributed by atoms with Crippen molar-refractivity contribution in [2.75, 3.05) is 13.2 Å². The molecule has 0 unspecified atom stereocenters. The fourth-order valence-corrected chi connectivity index (χ4v) is 2.26. The summed E-state index contributed by atoms with van der Waals surface area (Å²) in [6, 6.07) is 0.845. The molecule has 0 aromatic heterocycles. The van der Waals surface area contributed by atoms with Crippen molar-refractivity contribution in [3.8, 4) is 0 Å². The van der Waals surface area contributed by atoms with Crippen molar-refractivity contribution >= 4 is 0 Å². The maximum absolute atomic E-state index is 6.07. The number of unbranched alkanes of at least 4 members (excludes halogenated alkanes) is 1. The zero-order valence-electron chi connectivity index (χ0n) is 10.1. The van der Waals surface area contributed by atoms with Gasteiger partial charge in [-0.25, -0.2) is 0 Å². The predicted octanol–water partition coefficient (Wildman–Crippen LogP) is 2.87. The Morgan fingerprint density at radius 1 is 1.33 bits per heavy atom. The highest BCUT2D eigenvalue weighted by Gasteiger charge is 2.37. The van der Waals surface area contributed by atoms with Gasteiger partial charge in [0, 0.05) is 12.6 Å². The predicted molar refractivity (Wildman–Crippen MR) is 63.1 cm³/mol. The molecule has 0 heterocycles. The molecule has 15 heavy (non-hydrogen) atoms. The quantitative estimate of drug-likeness (QED) is 0.623. The van der Waals surface area contributed by atoms with E-state index in [4.69, 9.17) is 4.74 Å². The summed E-state index contributed by atoms with van der Waals surface area (Å²) >= 11 is 0. The van der Waals surface area contributed by atoms with Crippen molar-refractivity contribution in [3.05, 3.63) is 0 Å². The maximum Gasteiger partial charge on any atom is 0.0694 e. The van der Waals surface area contributed by atoms with Gasteiger partial charge in [-0.2, -0.15) is 0 Å². The molecule has 2 rings (SSSR count). The second-order valence-electron chi connectivity index (χ2n) is 5.22. The van der Waals surface area contributed by atoms with Gasteiger partial charge in [-0.05, 0) is 51.5 Å². The standard InChI is InChI=1S/C13H25NO/c1-2-3-11-15-13(7-4-8-13)9-10-14-12-5-6-12/h12,14H,2-11H2,1H3. The van der Waals surface area contributed by atoms with E-state index >= 15 is 0 Å². The van der Waals surface area contributed by atoms with Gasteiger partial charge in [0.2, 0.25) is 0 Å². The fraction of sp³-hybridized carbons (Fsp3) is 1.00. The van der Waals surface area contributed by atoms with E-state index in [-0.39, 0.29) is 5.60 Å². The third kappa shape index (κ3) is 3.46. The summed E-state index contributed by atoms with van der Waals surface area (Å²) in [6.45, 7) is 4.36. The van der Waals surface area contributed by atoms with E-state index in [0.717, 1.165) is 19.2 Å². The van der Waals surface area contributed by atoms with Gasteiger partial charge in [-0.15, -0.1) is 0 Å². The first-order valence-corrected chi connectivity index (χ1v) is 6.72. The van der Waals surface area contributed by atoms with Gasteiger partial charge < -0.3 is 10.1 Å². The Labute approximate surface area is 93.8 Å². The molecule has 2 heteroatoms. The normalized spacial score (nSPS) is 23.8. The molecule has 0 bridgehead atoms. The molecule has 88 valence electrons. The Morgan fingerprint density at radius 2 is 2.13 bits per heavy atom. The van der Waals surface area contributed by atoms with Gasteiger partial charge in [-0.1, -0.05) is 13.3 Å². The molecule has 0 atom stereocenters. The van der Waals surface area contributed by atoms with Crippen molar-refractivity contribution in [1.29, 1.82) is 0 Å². The summed E-state index contributed by atoms with van der Waals surface area (Å²) in [5.74, 6) is 0. The third-order valence-corrected chi connectivity index (χ3v) is 3.76. The molecule has 0 amide bonds. The van der Waals surface area contributed by atoms with Crippen LogP contribution in [0.4, 0.5) is 0 Å². The van der Waals surface area contributed by atoms with Gasteiger partial charge in [0.1, 0.15) is 0 Å². The SMILES string of the molecule is CCCCOC1(CCNC2CC2)CCC1. The average Bonchev–Trinajstić information content (AvgIpc) is 2.97. The highest BCUT2D eigenvalue weighted by molar-refractivity contribution is 4.91. The van der Waals surface area contributed by atoms with Crippen LogP contribution in [-0.4, -0.2) is 24.8 Å². The molecule has 2 nitrogen and oxygen atoms in total. The molecule has 0 radical (unpaired) electrons. The fourth-order valence-electron chi connectivity index (χ4n) is 2.26. The zero-order chi connectivity index (χ0) is 10.6. The first-order valence-electron chi connectivity index (χ1n) is 6.72. The first-order chi connectivity index (χ1) is 7.35. The minimum absolute atomic E-state index is 0.275. The molecule has 0 spiro atoms. The molecule has 2 saturated carbocycles.